The molecule has 0 saturated carbocycles. The highest BCUT2D eigenvalue weighted by Crippen LogP contribution is 2.25. The van der Waals surface area contributed by atoms with Crippen molar-refractivity contribution < 1.29 is 14.0 Å². The maximum Gasteiger partial charge on any atom is 0.270 e. The van der Waals surface area contributed by atoms with Crippen LogP contribution in [0.15, 0.2) is 24.3 Å². The number of hydrogen-bond acceptors (Lipinski definition) is 3. The summed E-state index contributed by atoms with van der Waals surface area (Å²) in [5.74, 6) is -0.918. The number of fused-ring (bicyclic) bond motifs is 1. The molecule has 1 aromatic carbocycles. The second-order valence-corrected chi connectivity index (χ2v) is 3.99. The van der Waals surface area contributed by atoms with Crippen molar-refractivity contribution in [3.05, 3.63) is 35.8 Å². The van der Waals surface area contributed by atoms with Gasteiger partial charge in [0.25, 0.3) is 5.24 Å². The van der Waals surface area contributed by atoms with Crippen molar-refractivity contribution in [1.29, 1.82) is 0 Å². The molecule has 1 N–H and O–H groups in total. The molecule has 0 atom stereocenters. The minimum absolute atomic E-state index is 0.00671. The number of pyridine rings is 1. The molecule has 1 heterocycles. The van der Waals surface area contributed by atoms with Crippen molar-refractivity contribution in [1.82, 2.24) is 4.98 Å². The highest BCUT2D eigenvalue weighted by molar-refractivity contribution is 6.67. The SMILES string of the molecule is CC(=O)Nc1cc(C(=O)Cl)nc2c(F)cccc12. The molecule has 0 unspecified atom stereocenters. The lowest BCUT2D eigenvalue weighted by Gasteiger charge is -2.08. The Kier molecular flexibility index (Phi) is 3.25. The average Bonchev–Trinajstić information content (AvgIpc) is 2.29. The average molecular weight is 267 g/mol. The Balaban J connectivity index is 2.76. The first kappa shape index (κ1) is 12.4. The summed E-state index contributed by atoms with van der Waals surface area (Å²) in [5.41, 5.74) is 0.182. The number of carbonyl (C=O) groups excluding carboxylic acids is 2. The van der Waals surface area contributed by atoms with Gasteiger partial charge in [0.05, 0.1) is 5.69 Å². The molecule has 92 valence electrons. The van der Waals surface area contributed by atoms with Crippen molar-refractivity contribution in [2.24, 2.45) is 0 Å². The van der Waals surface area contributed by atoms with E-state index in [1.807, 2.05) is 0 Å². The lowest BCUT2D eigenvalue weighted by atomic mass is 10.1. The van der Waals surface area contributed by atoms with Crippen LogP contribution in [0.4, 0.5) is 10.1 Å². The summed E-state index contributed by atoms with van der Waals surface area (Å²) in [6.45, 7) is 1.31. The monoisotopic (exact) mass is 266 g/mol. The normalized spacial score (nSPS) is 10.4. The molecule has 0 saturated heterocycles. The van der Waals surface area contributed by atoms with E-state index in [9.17, 15) is 14.0 Å². The molecule has 0 fully saturated rings. The maximum atomic E-state index is 13.6. The first-order valence-electron chi connectivity index (χ1n) is 5.05. The molecule has 18 heavy (non-hydrogen) atoms. The van der Waals surface area contributed by atoms with Crippen LogP contribution >= 0.6 is 11.6 Å². The molecular formula is C12H8ClFN2O2. The Labute approximate surface area is 107 Å². The standard InChI is InChI=1S/C12H8ClFN2O2/c1-6(17)15-9-5-10(12(13)18)16-11-7(9)3-2-4-8(11)14/h2-5H,1H3,(H,15,16,17). The lowest BCUT2D eigenvalue weighted by molar-refractivity contribution is -0.114. The molecule has 6 heteroatoms. The number of hydrogen-bond donors (Lipinski definition) is 1. The summed E-state index contributed by atoms with van der Waals surface area (Å²) >= 11 is 5.33. The van der Waals surface area contributed by atoms with Gasteiger partial charge in [0.15, 0.2) is 0 Å². The van der Waals surface area contributed by atoms with Crippen LogP contribution in [0.5, 0.6) is 0 Å². The van der Waals surface area contributed by atoms with E-state index in [-0.39, 0.29) is 17.1 Å². The fourth-order valence-corrected chi connectivity index (χ4v) is 1.70. The van der Waals surface area contributed by atoms with Crippen molar-refractivity contribution in [3.63, 3.8) is 0 Å². The number of para-hydroxylation sites is 1. The van der Waals surface area contributed by atoms with Crippen molar-refractivity contribution in [2.75, 3.05) is 5.32 Å². The zero-order valence-corrected chi connectivity index (χ0v) is 10.1. The van der Waals surface area contributed by atoms with E-state index in [1.165, 1.54) is 25.1 Å². The van der Waals surface area contributed by atoms with Gasteiger partial charge in [0.2, 0.25) is 5.91 Å². The Morgan fingerprint density at radius 3 is 2.72 bits per heavy atom. The van der Waals surface area contributed by atoms with E-state index in [4.69, 9.17) is 11.6 Å². The van der Waals surface area contributed by atoms with Crippen LogP contribution in [0.3, 0.4) is 0 Å². The number of benzene rings is 1. The first-order valence-corrected chi connectivity index (χ1v) is 5.43. The third-order valence-electron chi connectivity index (χ3n) is 2.30. The molecular weight excluding hydrogens is 259 g/mol. The highest BCUT2D eigenvalue weighted by atomic mass is 35.5. The molecule has 1 amide bonds. The fraction of sp³-hybridized carbons (Fsp3) is 0.0833. The number of nitrogens with zero attached hydrogens (tertiary/aromatic N) is 1. The Bertz CT molecular complexity index is 658. The number of nitrogens with one attached hydrogen (secondary N) is 1. The minimum atomic E-state index is -0.813. The molecule has 0 bridgehead atoms. The summed E-state index contributed by atoms with van der Waals surface area (Å²) in [5, 5.41) is 2.11. The minimum Gasteiger partial charge on any atom is -0.326 e. The maximum absolute atomic E-state index is 13.6. The van der Waals surface area contributed by atoms with Gasteiger partial charge in [-0.25, -0.2) is 9.37 Å². The molecule has 4 nitrogen and oxygen atoms in total. The van der Waals surface area contributed by atoms with E-state index >= 15 is 0 Å². The summed E-state index contributed by atoms with van der Waals surface area (Å²) in [7, 11) is 0. The third kappa shape index (κ3) is 2.31. The van der Waals surface area contributed by atoms with Gasteiger partial charge < -0.3 is 5.32 Å². The van der Waals surface area contributed by atoms with E-state index in [0.717, 1.165) is 0 Å². The lowest BCUT2D eigenvalue weighted by Crippen LogP contribution is -2.08. The van der Waals surface area contributed by atoms with Crippen molar-refractivity contribution >= 4 is 39.3 Å². The van der Waals surface area contributed by atoms with Gasteiger partial charge in [-0.2, -0.15) is 0 Å². The Hall–Kier alpha value is -2.01. The largest absolute Gasteiger partial charge is 0.326 e. The summed E-state index contributed by atoms with van der Waals surface area (Å²) < 4.78 is 13.6. The topological polar surface area (TPSA) is 59.1 Å². The molecule has 0 aliphatic heterocycles. The number of rotatable bonds is 2. The predicted octanol–water partition coefficient (Wildman–Crippen LogP) is 2.71. The zero-order valence-electron chi connectivity index (χ0n) is 9.33. The predicted molar refractivity (Wildman–Crippen MR) is 66.2 cm³/mol. The van der Waals surface area contributed by atoms with Crippen LogP contribution in [0.1, 0.15) is 17.4 Å². The number of anilines is 1. The quantitative estimate of drug-likeness (QED) is 0.850. The van der Waals surface area contributed by atoms with Gasteiger partial charge in [-0.3, -0.25) is 9.59 Å². The van der Waals surface area contributed by atoms with E-state index < -0.39 is 11.1 Å². The van der Waals surface area contributed by atoms with Gasteiger partial charge in [-0.1, -0.05) is 12.1 Å². The van der Waals surface area contributed by atoms with Crippen LogP contribution in [0.25, 0.3) is 10.9 Å². The summed E-state index contributed by atoms with van der Waals surface area (Å²) in [6.07, 6.45) is 0. The second-order valence-electron chi connectivity index (χ2n) is 3.65. The smallest absolute Gasteiger partial charge is 0.270 e. The van der Waals surface area contributed by atoms with Crippen LogP contribution in [0, 0.1) is 5.82 Å². The van der Waals surface area contributed by atoms with Gasteiger partial charge in [-0.15, -0.1) is 0 Å². The molecule has 2 rings (SSSR count). The van der Waals surface area contributed by atoms with Crippen molar-refractivity contribution in [2.45, 2.75) is 6.92 Å². The highest BCUT2D eigenvalue weighted by Gasteiger charge is 2.13. The third-order valence-corrected chi connectivity index (χ3v) is 2.50. The zero-order chi connectivity index (χ0) is 13.3. The van der Waals surface area contributed by atoms with E-state index in [2.05, 4.69) is 10.3 Å². The van der Waals surface area contributed by atoms with E-state index in [0.29, 0.717) is 11.1 Å². The molecule has 0 spiro atoms. The Morgan fingerprint density at radius 1 is 1.39 bits per heavy atom. The first-order chi connectivity index (χ1) is 8.49. The Morgan fingerprint density at radius 2 is 2.11 bits per heavy atom. The van der Waals surface area contributed by atoms with Crippen LogP contribution in [-0.4, -0.2) is 16.1 Å². The summed E-state index contributed by atoms with van der Waals surface area (Å²) in [6, 6.07) is 5.62. The molecule has 1 aromatic heterocycles. The van der Waals surface area contributed by atoms with Crippen LogP contribution < -0.4 is 5.32 Å². The van der Waals surface area contributed by atoms with Crippen LogP contribution in [-0.2, 0) is 4.79 Å². The van der Waals surface area contributed by atoms with Gasteiger partial charge in [0.1, 0.15) is 17.0 Å². The van der Waals surface area contributed by atoms with Gasteiger partial charge in [0, 0.05) is 12.3 Å². The fourth-order valence-electron chi connectivity index (χ4n) is 1.61. The number of carbonyl (C=O) groups is 2. The van der Waals surface area contributed by atoms with Crippen LogP contribution in [0.2, 0.25) is 0 Å². The molecule has 0 aliphatic rings. The van der Waals surface area contributed by atoms with Crippen molar-refractivity contribution in [3.8, 4) is 0 Å². The second kappa shape index (κ2) is 4.70. The number of halogens is 2. The number of amides is 1. The molecule has 0 radical (unpaired) electrons. The van der Waals surface area contributed by atoms with Gasteiger partial charge >= 0.3 is 0 Å². The van der Waals surface area contributed by atoms with E-state index in [1.54, 1.807) is 6.07 Å². The summed E-state index contributed by atoms with van der Waals surface area (Å²) in [4.78, 5) is 26.0. The van der Waals surface area contributed by atoms with Gasteiger partial charge in [-0.05, 0) is 23.7 Å². The number of aromatic nitrogens is 1. The molecule has 2 aromatic rings. The molecule has 0 aliphatic carbocycles.